The van der Waals surface area contributed by atoms with Crippen LogP contribution >= 0.6 is 0 Å². The molecule has 2 rings (SSSR count). The van der Waals surface area contributed by atoms with Crippen LogP contribution in [0, 0.1) is 13.8 Å². The number of rotatable bonds is 9. The summed E-state index contributed by atoms with van der Waals surface area (Å²) in [5.74, 6) is -1.55. The first-order valence-electron chi connectivity index (χ1n) is 9.09. The summed E-state index contributed by atoms with van der Waals surface area (Å²) in [6, 6.07) is 14.0. The van der Waals surface area contributed by atoms with Crippen LogP contribution in [0.15, 0.2) is 48.5 Å². The summed E-state index contributed by atoms with van der Waals surface area (Å²) >= 11 is 0. The maximum atomic E-state index is 12.3. The van der Waals surface area contributed by atoms with Crippen molar-refractivity contribution >= 4 is 17.9 Å². The number of benzene rings is 2. The van der Waals surface area contributed by atoms with E-state index in [-0.39, 0.29) is 20.0 Å². The van der Waals surface area contributed by atoms with E-state index < -0.39 is 24.0 Å². The Bertz CT molecular complexity index is 798. The maximum Gasteiger partial charge on any atom is 0.338 e. The number of ether oxygens (including phenoxy) is 4. The molecule has 0 N–H and O–H groups in total. The van der Waals surface area contributed by atoms with E-state index in [1.807, 2.05) is 12.1 Å². The third-order valence-electron chi connectivity index (χ3n) is 4.10. The van der Waals surface area contributed by atoms with Crippen molar-refractivity contribution in [1.82, 2.24) is 0 Å². The molecule has 0 unspecified atom stereocenters. The second-order valence-electron chi connectivity index (χ2n) is 6.37. The third kappa shape index (κ3) is 7.04. The van der Waals surface area contributed by atoms with Gasteiger partial charge in [0.15, 0.2) is 6.79 Å². The Kier molecular flexibility index (Phi) is 8.36. The number of aryl methyl sites for hydroxylation is 2. The average molecular weight is 400 g/mol. The lowest BCUT2D eigenvalue weighted by molar-refractivity contribution is -0.162. The van der Waals surface area contributed by atoms with Gasteiger partial charge in [0.05, 0.1) is 11.1 Å². The highest BCUT2D eigenvalue weighted by molar-refractivity contribution is 5.91. The van der Waals surface area contributed by atoms with Crippen LogP contribution in [0.1, 0.15) is 38.8 Å². The number of carbonyl (C=O) groups excluding carboxylic acids is 3. The van der Waals surface area contributed by atoms with Crippen LogP contribution in [-0.2, 0) is 23.7 Å². The summed E-state index contributed by atoms with van der Waals surface area (Å²) in [6.07, 6.45) is -0.796. The molecule has 0 amide bonds. The fourth-order valence-electron chi connectivity index (χ4n) is 2.45. The maximum absolute atomic E-state index is 12.3. The summed E-state index contributed by atoms with van der Waals surface area (Å²) in [6.45, 7) is 4.16. The monoisotopic (exact) mass is 400 g/mol. The fraction of sp³-hybridized carbons (Fsp3) is 0.318. The first-order chi connectivity index (χ1) is 13.9. The molecule has 2 aromatic carbocycles. The smallest absolute Gasteiger partial charge is 0.338 e. The second kappa shape index (κ2) is 11.0. The molecule has 0 heterocycles. The lowest BCUT2D eigenvalue weighted by atomic mass is 10.1. The predicted octanol–water partition coefficient (Wildman–Crippen LogP) is 3.22. The van der Waals surface area contributed by atoms with Crippen molar-refractivity contribution in [1.29, 1.82) is 0 Å². The van der Waals surface area contributed by atoms with Crippen molar-refractivity contribution in [3.63, 3.8) is 0 Å². The first-order valence-corrected chi connectivity index (χ1v) is 9.09. The van der Waals surface area contributed by atoms with Crippen molar-refractivity contribution in [2.24, 2.45) is 0 Å². The molecular weight excluding hydrogens is 376 g/mol. The zero-order chi connectivity index (χ0) is 21.2. The van der Waals surface area contributed by atoms with E-state index in [0.717, 1.165) is 11.1 Å². The van der Waals surface area contributed by atoms with E-state index in [4.69, 9.17) is 18.9 Å². The summed E-state index contributed by atoms with van der Waals surface area (Å²) < 4.78 is 20.7. The van der Waals surface area contributed by atoms with Crippen LogP contribution in [0.4, 0.5) is 0 Å². The lowest BCUT2D eigenvalue weighted by Crippen LogP contribution is -2.30. The molecule has 0 radical (unpaired) electrons. The average Bonchev–Trinajstić information content (AvgIpc) is 2.69. The summed E-state index contributed by atoms with van der Waals surface area (Å²) in [4.78, 5) is 35.5. The topological polar surface area (TPSA) is 88.1 Å². The van der Waals surface area contributed by atoms with Gasteiger partial charge in [-0.05, 0) is 37.1 Å². The summed E-state index contributed by atoms with van der Waals surface area (Å²) in [5, 5.41) is 0. The molecule has 0 bridgehead atoms. The van der Waals surface area contributed by atoms with E-state index in [0.29, 0.717) is 11.1 Å². The number of hydrogen-bond acceptors (Lipinski definition) is 7. The number of esters is 3. The van der Waals surface area contributed by atoms with Crippen molar-refractivity contribution in [2.45, 2.75) is 26.9 Å². The highest BCUT2D eigenvalue weighted by Crippen LogP contribution is 2.11. The van der Waals surface area contributed by atoms with Crippen molar-refractivity contribution in [2.75, 3.05) is 20.0 Å². The molecule has 0 fully saturated rings. The molecule has 0 saturated carbocycles. The van der Waals surface area contributed by atoms with Crippen molar-refractivity contribution in [3.8, 4) is 0 Å². The molecule has 154 valence electrons. The molecule has 2 aromatic rings. The van der Waals surface area contributed by atoms with Gasteiger partial charge in [-0.3, -0.25) is 4.79 Å². The van der Waals surface area contributed by atoms with Gasteiger partial charge < -0.3 is 18.9 Å². The van der Waals surface area contributed by atoms with Gasteiger partial charge in [-0.2, -0.15) is 0 Å². The number of carbonyl (C=O) groups is 3. The van der Waals surface area contributed by atoms with E-state index in [9.17, 15) is 14.4 Å². The highest BCUT2D eigenvalue weighted by atomic mass is 16.7. The van der Waals surface area contributed by atoms with E-state index in [1.165, 1.54) is 6.92 Å². The van der Waals surface area contributed by atoms with Gasteiger partial charge in [0.1, 0.15) is 19.3 Å². The Balaban J connectivity index is 1.96. The molecule has 0 aliphatic rings. The Morgan fingerprint density at radius 2 is 1.21 bits per heavy atom. The molecule has 7 heteroatoms. The normalized spacial score (nSPS) is 10.5. The Morgan fingerprint density at radius 1 is 0.759 bits per heavy atom. The third-order valence-corrected chi connectivity index (χ3v) is 4.10. The van der Waals surface area contributed by atoms with Crippen LogP contribution in [0.2, 0.25) is 0 Å². The van der Waals surface area contributed by atoms with Gasteiger partial charge in [0.2, 0.25) is 0 Å². The Hall–Kier alpha value is -3.19. The molecular formula is C22H24O7. The van der Waals surface area contributed by atoms with Crippen molar-refractivity contribution < 1.29 is 33.3 Å². The minimum Gasteiger partial charge on any atom is -0.459 e. The molecule has 0 aliphatic carbocycles. The molecule has 0 spiro atoms. The van der Waals surface area contributed by atoms with Crippen LogP contribution in [-0.4, -0.2) is 44.0 Å². The largest absolute Gasteiger partial charge is 0.459 e. The van der Waals surface area contributed by atoms with Gasteiger partial charge in [-0.1, -0.05) is 36.4 Å². The molecule has 0 aromatic heterocycles. The lowest BCUT2D eigenvalue weighted by Gasteiger charge is -2.18. The van der Waals surface area contributed by atoms with Crippen molar-refractivity contribution in [3.05, 3.63) is 70.8 Å². The van der Waals surface area contributed by atoms with Crippen LogP contribution in [0.5, 0.6) is 0 Å². The van der Waals surface area contributed by atoms with Crippen LogP contribution in [0.25, 0.3) is 0 Å². The molecule has 7 nitrogen and oxygen atoms in total. The van der Waals surface area contributed by atoms with Gasteiger partial charge in [-0.25, -0.2) is 9.59 Å². The minimum absolute atomic E-state index is 0.171. The number of hydrogen-bond donors (Lipinski definition) is 0. The second-order valence-corrected chi connectivity index (χ2v) is 6.37. The van der Waals surface area contributed by atoms with Gasteiger partial charge in [-0.15, -0.1) is 0 Å². The SMILES string of the molecule is CC(=O)OCOC(COC(=O)c1ccccc1C)COC(=O)c1ccccc1C. The molecule has 0 atom stereocenters. The van der Waals surface area contributed by atoms with Gasteiger partial charge >= 0.3 is 17.9 Å². The minimum atomic E-state index is -0.796. The van der Waals surface area contributed by atoms with Gasteiger partial charge in [0.25, 0.3) is 0 Å². The summed E-state index contributed by atoms with van der Waals surface area (Å²) in [7, 11) is 0. The Labute approximate surface area is 169 Å². The highest BCUT2D eigenvalue weighted by Gasteiger charge is 2.19. The van der Waals surface area contributed by atoms with Gasteiger partial charge in [0, 0.05) is 6.92 Å². The van der Waals surface area contributed by atoms with E-state index >= 15 is 0 Å². The standard InChI is InChI=1S/C22H24O7/c1-15-8-4-6-10-19(15)21(24)26-12-18(29-14-28-17(3)23)13-27-22(25)20-11-7-5-9-16(20)2/h4-11,18H,12-14H2,1-3H3. The first kappa shape index (κ1) is 22.1. The van der Waals surface area contributed by atoms with Crippen LogP contribution in [0.3, 0.4) is 0 Å². The zero-order valence-corrected chi connectivity index (χ0v) is 16.7. The Morgan fingerprint density at radius 3 is 1.62 bits per heavy atom. The van der Waals surface area contributed by atoms with E-state index in [2.05, 4.69) is 0 Å². The summed E-state index contributed by atoms with van der Waals surface area (Å²) in [5.41, 5.74) is 2.42. The molecule has 29 heavy (non-hydrogen) atoms. The quantitative estimate of drug-likeness (QED) is 0.363. The molecule has 0 saturated heterocycles. The molecule has 0 aliphatic heterocycles. The predicted molar refractivity (Wildman–Crippen MR) is 104 cm³/mol. The zero-order valence-electron chi connectivity index (χ0n) is 16.7. The van der Waals surface area contributed by atoms with E-state index in [1.54, 1.807) is 50.2 Å². The fourth-order valence-corrected chi connectivity index (χ4v) is 2.45. The van der Waals surface area contributed by atoms with Crippen LogP contribution < -0.4 is 0 Å².